The molecule has 0 aromatic heterocycles. The molecule has 0 radical (unpaired) electrons. The number of carbonyl (C=O) groups is 1. The van der Waals surface area contributed by atoms with Crippen molar-refractivity contribution in [3.8, 4) is 0 Å². The van der Waals surface area contributed by atoms with Crippen molar-refractivity contribution in [1.82, 2.24) is 10.6 Å². The molecule has 1 aliphatic rings. The van der Waals surface area contributed by atoms with Crippen molar-refractivity contribution in [2.45, 2.75) is 33.2 Å². The Labute approximate surface area is 113 Å². The van der Waals surface area contributed by atoms with Crippen molar-refractivity contribution in [3.63, 3.8) is 0 Å². The average molecular weight is 264 g/mol. The Bertz CT molecular complexity index is 485. The average Bonchev–Trinajstić information content (AvgIpc) is 2.31. The van der Waals surface area contributed by atoms with Crippen molar-refractivity contribution in [2.75, 3.05) is 13.1 Å². The van der Waals surface area contributed by atoms with E-state index < -0.39 is 0 Å². The molecule has 0 spiro atoms. The monoisotopic (exact) mass is 264 g/mol. The van der Waals surface area contributed by atoms with Gasteiger partial charge in [-0.2, -0.15) is 0 Å². The van der Waals surface area contributed by atoms with Crippen LogP contribution in [0, 0.1) is 18.2 Å². The molecule has 1 aliphatic heterocycles. The molecule has 0 bridgehead atoms. The summed E-state index contributed by atoms with van der Waals surface area (Å²) in [6.07, 6.45) is 0.916. The molecule has 1 aromatic carbocycles. The molecule has 1 amide bonds. The van der Waals surface area contributed by atoms with Gasteiger partial charge in [0.05, 0.1) is 0 Å². The van der Waals surface area contributed by atoms with E-state index in [4.69, 9.17) is 0 Å². The van der Waals surface area contributed by atoms with E-state index in [2.05, 4.69) is 24.5 Å². The predicted molar refractivity (Wildman–Crippen MR) is 73.7 cm³/mol. The van der Waals surface area contributed by atoms with Crippen molar-refractivity contribution >= 4 is 5.91 Å². The molecule has 1 fully saturated rings. The van der Waals surface area contributed by atoms with Crippen LogP contribution in [-0.4, -0.2) is 25.0 Å². The zero-order chi connectivity index (χ0) is 14.0. The van der Waals surface area contributed by atoms with Crippen molar-refractivity contribution in [3.05, 3.63) is 35.1 Å². The first kappa shape index (κ1) is 14.0. The number of amides is 1. The summed E-state index contributed by atoms with van der Waals surface area (Å²) in [5.41, 5.74) is 1.25. The summed E-state index contributed by atoms with van der Waals surface area (Å²) < 4.78 is 13.1. The first-order valence-electron chi connectivity index (χ1n) is 6.68. The SMILES string of the molecule is Cc1cc(F)ccc1C(=O)NC1CCNCC1(C)C. The van der Waals surface area contributed by atoms with Gasteiger partial charge in [-0.3, -0.25) is 4.79 Å². The van der Waals surface area contributed by atoms with Crippen LogP contribution >= 0.6 is 0 Å². The molecule has 2 rings (SSSR count). The summed E-state index contributed by atoms with van der Waals surface area (Å²) in [4.78, 5) is 12.3. The molecule has 1 heterocycles. The van der Waals surface area contributed by atoms with Gasteiger partial charge >= 0.3 is 0 Å². The summed E-state index contributed by atoms with van der Waals surface area (Å²) in [5.74, 6) is -0.422. The third-order valence-electron chi connectivity index (χ3n) is 3.87. The van der Waals surface area contributed by atoms with Crippen LogP contribution in [0.1, 0.15) is 36.2 Å². The minimum atomic E-state index is -0.309. The van der Waals surface area contributed by atoms with E-state index in [0.717, 1.165) is 19.5 Å². The summed E-state index contributed by atoms with van der Waals surface area (Å²) in [5, 5.41) is 6.42. The van der Waals surface area contributed by atoms with Gasteiger partial charge in [0, 0.05) is 18.2 Å². The van der Waals surface area contributed by atoms with Crippen LogP contribution in [0.5, 0.6) is 0 Å². The Balaban J connectivity index is 2.12. The minimum absolute atomic E-state index is 0.0296. The van der Waals surface area contributed by atoms with Crippen molar-refractivity contribution in [1.29, 1.82) is 0 Å². The maximum Gasteiger partial charge on any atom is 0.251 e. The van der Waals surface area contributed by atoms with E-state index in [-0.39, 0.29) is 23.2 Å². The molecular weight excluding hydrogens is 243 g/mol. The Morgan fingerprint density at radius 3 is 2.84 bits per heavy atom. The maximum atomic E-state index is 13.1. The van der Waals surface area contributed by atoms with Crippen LogP contribution < -0.4 is 10.6 Å². The summed E-state index contributed by atoms with van der Waals surface area (Å²) >= 11 is 0. The smallest absolute Gasteiger partial charge is 0.251 e. The summed E-state index contributed by atoms with van der Waals surface area (Å²) in [6, 6.07) is 4.41. The molecule has 19 heavy (non-hydrogen) atoms. The molecule has 1 aromatic rings. The van der Waals surface area contributed by atoms with Gasteiger partial charge in [0.1, 0.15) is 5.82 Å². The largest absolute Gasteiger partial charge is 0.349 e. The highest BCUT2D eigenvalue weighted by Crippen LogP contribution is 2.25. The van der Waals surface area contributed by atoms with Crippen LogP contribution in [0.25, 0.3) is 0 Å². The number of piperidine rings is 1. The van der Waals surface area contributed by atoms with Gasteiger partial charge in [0.2, 0.25) is 0 Å². The second-order valence-electron chi connectivity index (χ2n) is 5.94. The standard InChI is InChI=1S/C15H21FN2O/c1-10-8-11(16)4-5-12(10)14(19)18-13-6-7-17-9-15(13,2)3/h4-5,8,13,17H,6-7,9H2,1-3H3,(H,18,19). The Morgan fingerprint density at radius 1 is 1.47 bits per heavy atom. The van der Waals surface area contributed by atoms with E-state index in [1.807, 2.05) is 0 Å². The molecule has 1 saturated heterocycles. The Morgan fingerprint density at radius 2 is 2.21 bits per heavy atom. The van der Waals surface area contributed by atoms with E-state index in [0.29, 0.717) is 11.1 Å². The van der Waals surface area contributed by atoms with Gasteiger partial charge < -0.3 is 10.6 Å². The fourth-order valence-corrected chi connectivity index (χ4v) is 2.56. The third-order valence-corrected chi connectivity index (χ3v) is 3.87. The number of hydrogen-bond acceptors (Lipinski definition) is 2. The van der Waals surface area contributed by atoms with Crippen LogP contribution in [0.15, 0.2) is 18.2 Å². The van der Waals surface area contributed by atoms with Crippen molar-refractivity contribution < 1.29 is 9.18 Å². The van der Waals surface area contributed by atoms with E-state index in [9.17, 15) is 9.18 Å². The molecule has 0 saturated carbocycles. The quantitative estimate of drug-likeness (QED) is 0.860. The van der Waals surface area contributed by atoms with Crippen LogP contribution in [0.3, 0.4) is 0 Å². The Hall–Kier alpha value is -1.42. The second kappa shape index (κ2) is 5.29. The molecule has 1 unspecified atom stereocenters. The molecule has 4 heteroatoms. The summed E-state index contributed by atoms with van der Waals surface area (Å²) in [7, 11) is 0. The fourth-order valence-electron chi connectivity index (χ4n) is 2.56. The highest BCUT2D eigenvalue weighted by molar-refractivity contribution is 5.95. The number of nitrogens with one attached hydrogen (secondary N) is 2. The third kappa shape index (κ3) is 3.13. The molecule has 104 valence electrons. The molecule has 2 N–H and O–H groups in total. The lowest BCUT2D eigenvalue weighted by molar-refractivity contribution is 0.0868. The van der Waals surface area contributed by atoms with Gasteiger partial charge in [-0.05, 0) is 49.1 Å². The number of benzene rings is 1. The number of aryl methyl sites for hydroxylation is 1. The number of hydrogen-bond donors (Lipinski definition) is 2. The maximum absolute atomic E-state index is 13.1. The predicted octanol–water partition coefficient (Wildman–Crippen LogP) is 2.25. The second-order valence-corrected chi connectivity index (χ2v) is 5.94. The lowest BCUT2D eigenvalue weighted by atomic mass is 9.80. The van der Waals surface area contributed by atoms with E-state index >= 15 is 0 Å². The highest BCUT2D eigenvalue weighted by atomic mass is 19.1. The van der Waals surface area contributed by atoms with Gasteiger partial charge in [0.15, 0.2) is 0 Å². The Kier molecular flexibility index (Phi) is 3.90. The highest BCUT2D eigenvalue weighted by Gasteiger charge is 2.33. The van der Waals surface area contributed by atoms with E-state index in [1.165, 1.54) is 12.1 Å². The van der Waals surface area contributed by atoms with Gasteiger partial charge in [0.25, 0.3) is 5.91 Å². The van der Waals surface area contributed by atoms with E-state index in [1.54, 1.807) is 13.0 Å². The number of rotatable bonds is 2. The topological polar surface area (TPSA) is 41.1 Å². The lowest BCUT2D eigenvalue weighted by Crippen LogP contribution is -2.54. The normalized spacial score (nSPS) is 22.0. The molecule has 1 atom stereocenters. The van der Waals surface area contributed by atoms with Crippen molar-refractivity contribution in [2.24, 2.45) is 5.41 Å². The molecule has 3 nitrogen and oxygen atoms in total. The zero-order valence-electron chi connectivity index (χ0n) is 11.7. The lowest BCUT2D eigenvalue weighted by Gasteiger charge is -2.39. The van der Waals surface area contributed by atoms with Crippen LogP contribution in [-0.2, 0) is 0 Å². The summed E-state index contributed by atoms with van der Waals surface area (Å²) in [6.45, 7) is 7.84. The first-order chi connectivity index (χ1) is 8.90. The van der Waals surface area contributed by atoms with Crippen LogP contribution in [0.4, 0.5) is 4.39 Å². The fraction of sp³-hybridized carbons (Fsp3) is 0.533. The number of carbonyl (C=O) groups excluding carboxylic acids is 1. The van der Waals surface area contributed by atoms with Gasteiger partial charge in [-0.1, -0.05) is 13.8 Å². The minimum Gasteiger partial charge on any atom is -0.349 e. The molecular formula is C15H21FN2O. The van der Waals surface area contributed by atoms with Crippen LogP contribution in [0.2, 0.25) is 0 Å². The van der Waals surface area contributed by atoms with Gasteiger partial charge in [-0.25, -0.2) is 4.39 Å². The first-order valence-corrected chi connectivity index (χ1v) is 6.68. The molecule has 0 aliphatic carbocycles. The zero-order valence-corrected chi connectivity index (χ0v) is 11.7. The number of halogens is 1. The van der Waals surface area contributed by atoms with Gasteiger partial charge in [-0.15, -0.1) is 0 Å².